The molecule has 0 unspecified atom stereocenters. The second-order valence-electron chi connectivity index (χ2n) is 4.30. The zero-order valence-corrected chi connectivity index (χ0v) is 11.3. The lowest BCUT2D eigenvalue weighted by Gasteiger charge is -2.21. The van der Waals surface area contributed by atoms with Crippen LogP contribution in [0.2, 0.25) is 0 Å². The summed E-state index contributed by atoms with van der Waals surface area (Å²) in [6.45, 7) is 2.21. The van der Waals surface area contributed by atoms with Gasteiger partial charge < -0.3 is 0 Å². The van der Waals surface area contributed by atoms with E-state index in [-0.39, 0.29) is 6.04 Å². The van der Waals surface area contributed by atoms with Gasteiger partial charge in [0.1, 0.15) is 0 Å². The molecule has 0 spiro atoms. The molecule has 2 rings (SSSR count). The van der Waals surface area contributed by atoms with Crippen molar-refractivity contribution in [3.8, 4) is 0 Å². The van der Waals surface area contributed by atoms with Gasteiger partial charge >= 0.3 is 0 Å². The summed E-state index contributed by atoms with van der Waals surface area (Å²) in [6.07, 6.45) is 1.89. The molecule has 0 radical (unpaired) electrons. The molecule has 0 N–H and O–H groups in total. The Bertz CT molecular complexity index is 497. The SMILES string of the molecule is Cc1ccccc1S(=O)(=O)N(CCCl)C1CC1. The Balaban J connectivity index is 2.37. The molecule has 1 fully saturated rings. The maximum absolute atomic E-state index is 12.5. The Hall–Kier alpha value is -0.580. The standard InChI is InChI=1S/C12H16ClNO2S/c1-10-4-2-3-5-12(10)17(15,16)14(9-8-13)11-6-7-11/h2-5,11H,6-9H2,1H3. The predicted molar refractivity (Wildman–Crippen MR) is 68.8 cm³/mol. The molecule has 17 heavy (non-hydrogen) atoms. The summed E-state index contributed by atoms with van der Waals surface area (Å²) in [6, 6.07) is 7.23. The third-order valence-corrected chi connectivity index (χ3v) is 5.22. The number of hydrogen-bond acceptors (Lipinski definition) is 2. The fourth-order valence-corrected chi connectivity index (χ4v) is 4.11. The van der Waals surface area contributed by atoms with E-state index in [1.807, 2.05) is 19.1 Å². The number of nitrogens with zero attached hydrogens (tertiary/aromatic N) is 1. The molecule has 1 aromatic rings. The van der Waals surface area contributed by atoms with E-state index < -0.39 is 10.0 Å². The average molecular weight is 274 g/mol. The van der Waals surface area contributed by atoms with Crippen LogP contribution in [-0.4, -0.2) is 31.2 Å². The van der Waals surface area contributed by atoms with Gasteiger partial charge in [-0.25, -0.2) is 8.42 Å². The van der Waals surface area contributed by atoms with E-state index in [0.29, 0.717) is 17.3 Å². The van der Waals surface area contributed by atoms with E-state index in [1.165, 1.54) is 0 Å². The number of aryl methyl sites for hydroxylation is 1. The molecule has 0 atom stereocenters. The highest BCUT2D eigenvalue weighted by molar-refractivity contribution is 7.89. The third-order valence-electron chi connectivity index (χ3n) is 2.94. The van der Waals surface area contributed by atoms with Gasteiger partial charge in [-0.1, -0.05) is 18.2 Å². The van der Waals surface area contributed by atoms with Crippen LogP contribution in [0.15, 0.2) is 29.2 Å². The number of rotatable bonds is 5. The fraction of sp³-hybridized carbons (Fsp3) is 0.500. The molecule has 0 bridgehead atoms. The summed E-state index contributed by atoms with van der Waals surface area (Å²) in [5.41, 5.74) is 0.785. The van der Waals surface area contributed by atoms with Crippen LogP contribution in [0.1, 0.15) is 18.4 Å². The topological polar surface area (TPSA) is 37.4 Å². The lowest BCUT2D eigenvalue weighted by atomic mass is 10.2. The summed E-state index contributed by atoms with van der Waals surface area (Å²) in [5, 5.41) is 0. The molecule has 0 aliphatic heterocycles. The average Bonchev–Trinajstić information content (AvgIpc) is 3.10. The summed E-state index contributed by atoms with van der Waals surface area (Å²) >= 11 is 5.70. The first kappa shape index (κ1) is 12.9. The molecule has 94 valence electrons. The second kappa shape index (κ2) is 4.96. The molecular weight excluding hydrogens is 258 g/mol. The van der Waals surface area contributed by atoms with Gasteiger partial charge in [-0.15, -0.1) is 11.6 Å². The Kier molecular flexibility index (Phi) is 3.76. The largest absolute Gasteiger partial charge is 0.243 e. The van der Waals surface area contributed by atoms with Crippen molar-refractivity contribution >= 4 is 21.6 Å². The molecule has 1 aliphatic rings. The van der Waals surface area contributed by atoms with Crippen LogP contribution < -0.4 is 0 Å². The van der Waals surface area contributed by atoms with Crippen molar-refractivity contribution in [1.82, 2.24) is 4.31 Å². The van der Waals surface area contributed by atoms with E-state index in [1.54, 1.807) is 16.4 Å². The number of hydrogen-bond donors (Lipinski definition) is 0. The molecule has 0 saturated heterocycles. The molecule has 1 aromatic carbocycles. The zero-order valence-electron chi connectivity index (χ0n) is 9.77. The van der Waals surface area contributed by atoms with Crippen molar-refractivity contribution < 1.29 is 8.42 Å². The van der Waals surface area contributed by atoms with Crippen molar-refractivity contribution in [3.63, 3.8) is 0 Å². The molecule has 5 heteroatoms. The summed E-state index contributed by atoms with van der Waals surface area (Å²) in [4.78, 5) is 0.400. The Morgan fingerprint density at radius 3 is 2.53 bits per heavy atom. The van der Waals surface area contributed by atoms with Crippen molar-refractivity contribution in [3.05, 3.63) is 29.8 Å². The normalized spacial score (nSPS) is 16.4. The quantitative estimate of drug-likeness (QED) is 0.773. The van der Waals surface area contributed by atoms with Crippen LogP contribution in [0.5, 0.6) is 0 Å². The van der Waals surface area contributed by atoms with Gasteiger partial charge in [0.2, 0.25) is 10.0 Å². The predicted octanol–water partition coefficient (Wildman–Crippen LogP) is 2.39. The lowest BCUT2D eigenvalue weighted by Crippen LogP contribution is -2.35. The smallest absolute Gasteiger partial charge is 0.207 e. The van der Waals surface area contributed by atoms with Gasteiger partial charge in [-0.2, -0.15) is 4.31 Å². The highest BCUT2D eigenvalue weighted by Crippen LogP contribution is 2.32. The van der Waals surface area contributed by atoms with Crippen LogP contribution in [0.25, 0.3) is 0 Å². The second-order valence-corrected chi connectivity index (χ2v) is 6.54. The van der Waals surface area contributed by atoms with E-state index >= 15 is 0 Å². The molecule has 0 heterocycles. The van der Waals surface area contributed by atoms with Gasteiger partial charge in [0.05, 0.1) is 4.90 Å². The van der Waals surface area contributed by atoms with Crippen LogP contribution >= 0.6 is 11.6 Å². The molecule has 1 saturated carbocycles. The third kappa shape index (κ3) is 2.64. The first-order chi connectivity index (χ1) is 8.07. The molecule has 3 nitrogen and oxygen atoms in total. The summed E-state index contributed by atoms with van der Waals surface area (Å²) < 4.78 is 26.5. The van der Waals surface area contributed by atoms with E-state index in [0.717, 1.165) is 18.4 Å². The van der Waals surface area contributed by atoms with Gasteiger partial charge in [-0.05, 0) is 31.4 Å². The first-order valence-corrected chi connectivity index (χ1v) is 7.68. The van der Waals surface area contributed by atoms with Gasteiger partial charge in [-0.3, -0.25) is 0 Å². The molecule has 0 aromatic heterocycles. The molecule has 0 amide bonds. The van der Waals surface area contributed by atoms with Crippen LogP contribution in [0.4, 0.5) is 0 Å². The number of sulfonamides is 1. The minimum absolute atomic E-state index is 0.151. The van der Waals surface area contributed by atoms with E-state index in [2.05, 4.69) is 0 Å². The minimum atomic E-state index is -3.38. The van der Waals surface area contributed by atoms with Gasteiger partial charge in [0.25, 0.3) is 0 Å². The van der Waals surface area contributed by atoms with Crippen LogP contribution in [0.3, 0.4) is 0 Å². The summed E-state index contributed by atoms with van der Waals surface area (Å²) in [7, 11) is -3.38. The Morgan fingerprint density at radius 1 is 1.35 bits per heavy atom. The number of alkyl halides is 1. The van der Waals surface area contributed by atoms with Crippen LogP contribution in [-0.2, 0) is 10.0 Å². The number of halogens is 1. The first-order valence-electron chi connectivity index (χ1n) is 5.71. The monoisotopic (exact) mass is 273 g/mol. The van der Waals surface area contributed by atoms with Gasteiger partial charge in [0.15, 0.2) is 0 Å². The highest BCUT2D eigenvalue weighted by Gasteiger charge is 2.37. The van der Waals surface area contributed by atoms with Crippen LogP contribution in [0, 0.1) is 6.92 Å². The van der Waals surface area contributed by atoms with E-state index in [9.17, 15) is 8.42 Å². The van der Waals surface area contributed by atoms with Crippen molar-refractivity contribution in [2.45, 2.75) is 30.7 Å². The number of benzene rings is 1. The fourth-order valence-electron chi connectivity index (χ4n) is 1.92. The molecular formula is C12H16ClNO2S. The summed E-state index contributed by atoms with van der Waals surface area (Å²) in [5.74, 6) is 0.335. The van der Waals surface area contributed by atoms with Crippen molar-refractivity contribution in [1.29, 1.82) is 0 Å². The maximum atomic E-state index is 12.5. The minimum Gasteiger partial charge on any atom is -0.207 e. The van der Waals surface area contributed by atoms with E-state index in [4.69, 9.17) is 11.6 Å². The highest BCUT2D eigenvalue weighted by atomic mass is 35.5. The lowest BCUT2D eigenvalue weighted by molar-refractivity contribution is 0.422. The van der Waals surface area contributed by atoms with Gasteiger partial charge in [0, 0.05) is 18.5 Å². The maximum Gasteiger partial charge on any atom is 0.243 e. The van der Waals surface area contributed by atoms with Crippen molar-refractivity contribution in [2.24, 2.45) is 0 Å². The molecule has 1 aliphatic carbocycles. The Labute approximate surface area is 107 Å². The van der Waals surface area contributed by atoms with Crippen molar-refractivity contribution in [2.75, 3.05) is 12.4 Å². The Morgan fingerprint density at radius 2 is 2.00 bits per heavy atom. The zero-order chi connectivity index (χ0) is 12.5.